The van der Waals surface area contributed by atoms with Crippen LogP contribution in [-0.4, -0.2) is 37.2 Å². The van der Waals surface area contributed by atoms with Crippen LogP contribution in [0.2, 0.25) is 0 Å². The van der Waals surface area contributed by atoms with Gasteiger partial charge in [0.1, 0.15) is 0 Å². The van der Waals surface area contributed by atoms with E-state index in [4.69, 9.17) is 0 Å². The molecule has 2 heterocycles. The quantitative estimate of drug-likeness (QED) is 0.689. The molecular formula is C9H16N4O2S. The van der Waals surface area contributed by atoms with Crippen LogP contribution >= 0.6 is 0 Å². The Morgan fingerprint density at radius 2 is 2.31 bits per heavy atom. The van der Waals surface area contributed by atoms with Crippen LogP contribution in [0.15, 0.2) is 17.3 Å². The van der Waals surface area contributed by atoms with Crippen molar-refractivity contribution in [2.45, 2.75) is 36.9 Å². The van der Waals surface area contributed by atoms with Gasteiger partial charge in [0.05, 0.1) is 6.20 Å². The van der Waals surface area contributed by atoms with Crippen LogP contribution in [0, 0.1) is 0 Å². The molecule has 90 valence electrons. The first-order valence-corrected chi connectivity index (χ1v) is 6.81. The molecule has 1 aliphatic rings. The Balaban J connectivity index is 2.00. The fourth-order valence-corrected chi connectivity index (χ4v) is 2.95. The van der Waals surface area contributed by atoms with Crippen LogP contribution in [0.3, 0.4) is 0 Å². The first kappa shape index (κ1) is 11.6. The van der Waals surface area contributed by atoms with Gasteiger partial charge in [0.25, 0.3) is 10.0 Å². The van der Waals surface area contributed by atoms with E-state index in [0.29, 0.717) is 12.6 Å². The Labute approximate surface area is 94.9 Å². The monoisotopic (exact) mass is 244 g/mol. The molecule has 1 fully saturated rings. The van der Waals surface area contributed by atoms with E-state index in [-0.39, 0.29) is 11.1 Å². The molecule has 2 atom stereocenters. The molecule has 1 aromatic heterocycles. The number of aromatic nitrogens is 2. The molecule has 0 saturated carbocycles. The van der Waals surface area contributed by atoms with Crippen molar-refractivity contribution in [3.63, 3.8) is 0 Å². The van der Waals surface area contributed by atoms with Gasteiger partial charge in [-0.15, -0.1) is 0 Å². The first-order chi connectivity index (χ1) is 7.58. The Morgan fingerprint density at radius 3 is 2.88 bits per heavy atom. The summed E-state index contributed by atoms with van der Waals surface area (Å²) < 4.78 is 26.3. The Hall–Kier alpha value is -0.920. The minimum Gasteiger partial charge on any atom is -0.313 e. The smallest absolute Gasteiger partial charge is 0.257 e. The van der Waals surface area contributed by atoms with Crippen LogP contribution in [-0.2, 0) is 10.0 Å². The molecule has 1 saturated heterocycles. The maximum Gasteiger partial charge on any atom is 0.257 e. The van der Waals surface area contributed by atoms with E-state index in [1.807, 2.05) is 0 Å². The summed E-state index contributed by atoms with van der Waals surface area (Å²) in [5.41, 5.74) is 0. The number of sulfonamides is 1. The second-order valence-electron chi connectivity index (χ2n) is 4.13. The van der Waals surface area contributed by atoms with Crippen LogP contribution in [0.1, 0.15) is 19.8 Å². The van der Waals surface area contributed by atoms with Crippen molar-refractivity contribution in [1.82, 2.24) is 20.2 Å². The fourth-order valence-electron chi connectivity index (χ4n) is 1.78. The lowest BCUT2D eigenvalue weighted by atomic mass is 10.0. The number of rotatable bonds is 3. The minimum absolute atomic E-state index is 0.0375. The van der Waals surface area contributed by atoms with E-state index in [2.05, 4.69) is 27.2 Å². The van der Waals surface area contributed by atoms with Gasteiger partial charge in [-0.3, -0.25) is 5.10 Å². The molecule has 0 spiro atoms. The highest BCUT2D eigenvalue weighted by atomic mass is 32.2. The predicted molar refractivity (Wildman–Crippen MR) is 59.4 cm³/mol. The Morgan fingerprint density at radius 1 is 1.50 bits per heavy atom. The third-order valence-corrected chi connectivity index (χ3v) is 4.20. The standard InChI is InChI=1S/C9H16N4O2S/c1-7-2-3-8(6-10-7)13-16(14,15)9-4-5-11-12-9/h4-5,7-8,10,13H,2-3,6H2,1H3,(H,11,12). The molecule has 0 radical (unpaired) electrons. The van der Waals surface area contributed by atoms with Crippen LogP contribution in [0.5, 0.6) is 0 Å². The molecule has 0 aromatic carbocycles. The van der Waals surface area contributed by atoms with Crippen molar-refractivity contribution in [1.29, 1.82) is 0 Å². The van der Waals surface area contributed by atoms with E-state index in [1.165, 1.54) is 12.3 Å². The molecule has 0 bridgehead atoms. The molecule has 2 rings (SSSR count). The van der Waals surface area contributed by atoms with Gasteiger partial charge in [-0.2, -0.15) is 5.10 Å². The van der Waals surface area contributed by atoms with Crippen molar-refractivity contribution >= 4 is 10.0 Å². The topological polar surface area (TPSA) is 86.9 Å². The van der Waals surface area contributed by atoms with E-state index >= 15 is 0 Å². The normalized spacial score (nSPS) is 26.8. The third-order valence-electron chi connectivity index (χ3n) is 2.75. The summed E-state index contributed by atoms with van der Waals surface area (Å²) in [5, 5.41) is 9.45. The summed E-state index contributed by atoms with van der Waals surface area (Å²) in [5.74, 6) is 0. The van der Waals surface area contributed by atoms with E-state index in [0.717, 1.165) is 12.8 Å². The van der Waals surface area contributed by atoms with Crippen LogP contribution in [0.4, 0.5) is 0 Å². The Bertz CT molecular complexity index is 420. The lowest BCUT2D eigenvalue weighted by Gasteiger charge is -2.27. The van der Waals surface area contributed by atoms with Gasteiger partial charge in [0, 0.05) is 18.6 Å². The van der Waals surface area contributed by atoms with Gasteiger partial charge in [-0.1, -0.05) is 0 Å². The summed E-state index contributed by atoms with van der Waals surface area (Å²) in [4.78, 5) is 0. The summed E-state index contributed by atoms with van der Waals surface area (Å²) in [6, 6.07) is 1.87. The largest absolute Gasteiger partial charge is 0.313 e. The second-order valence-corrected chi connectivity index (χ2v) is 5.81. The molecule has 1 aromatic rings. The first-order valence-electron chi connectivity index (χ1n) is 5.33. The highest BCUT2D eigenvalue weighted by Gasteiger charge is 2.24. The molecule has 2 unspecified atom stereocenters. The SMILES string of the molecule is CC1CCC(NS(=O)(=O)c2ccn[nH]2)CN1. The van der Waals surface area contributed by atoms with Crippen molar-refractivity contribution in [2.75, 3.05) is 6.54 Å². The molecule has 6 nitrogen and oxygen atoms in total. The highest BCUT2D eigenvalue weighted by molar-refractivity contribution is 7.89. The second kappa shape index (κ2) is 4.52. The average molecular weight is 244 g/mol. The van der Waals surface area contributed by atoms with Crippen molar-refractivity contribution in [3.05, 3.63) is 12.3 Å². The summed E-state index contributed by atoms with van der Waals surface area (Å²) in [7, 11) is -3.44. The number of H-pyrrole nitrogens is 1. The predicted octanol–water partition coefficient (Wildman–Crippen LogP) is -0.171. The van der Waals surface area contributed by atoms with Gasteiger partial charge in [-0.25, -0.2) is 13.1 Å². The molecular weight excluding hydrogens is 228 g/mol. The molecule has 1 aliphatic heterocycles. The highest BCUT2D eigenvalue weighted by Crippen LogP contribution is 2.11. The van der Waals surface area contributed by atoms with Crippen molar-refractivity contribution < 1.29 is 8.42 Å². The molecule has 7 heteroatoms. The number of nitrogens with zero attached hydrogens (tertiary/aromatic N) is 1. The summed E-state index contributed by atoms with van der Waals surface area (Å²) in [6.07, 6.45) is 3.27. The van der Waals surface area contributed by atoms with Crippen molar-refractivity contribution in [3.8, 4) is 0 Å². The molecule has 16 heavy (non-hydrogen) atoms. The molecule has 0 aliphatic carbocycles. The van der Waals surface area contributed by atoms with Gasteiger partial charge in [-0.05, 0) is 25.8 Å². The number of hydrogen-bond acceptors (Lipinski definition) is 4. The maximum absolute atomic E-state index is 11.8. The van der Waals surface area contributed by atoms with E-state index < -0.39 is 10.0 Å². The Kier molecular flexibility index (Phi) is 3.27. The zero-order valence-electron chi connectivity index (χ0n) is 9.10. The lowest BCUT2D eigenvalue weighted by molar-refractivity contribution is 0.366. The molecule has 0 amide bonds. The van der Waals surface area contributed by atoms with Crippen molar-refractivity contribution in [2.24, 2.45) is 0 Å². The zero-order valence-corrected chi connectivity index (χ0v) is 9.92. The van der Waals surface area contributed by atoms with E-state index in [1.54, 1.807) is 0 Å². The molecule has 3 N–H and O–H groups in total. The zero-order chi connectivity index (χ0) is 11.6. The number of nitrogens with one attached hydrogen (secondary N) is 3. The average Bonchev–Trinajstić information content (AvgIpc) is 2.75. The summed E-state index contributed by atoms with van der Waals surface area (Å²) >= 11 is 0. The van der Waals surface area contributed by atoms with E-state index in [9.17, 15) is 8.42 Å². The van der Waals surface area contributed by atoms with Gasteiger partial charge >= 0.3 is 0 Å². The minimum atomic E-state index is -3.44. The van der Waals surface area contributed by atoms with Crippen LogP contribution < -0.4 is 10.0 Å². The number of piperidine rings is 1. The fraction of sp³-hybridized carbons (Fsp3) is 0.667. The van der Waals surface area contributed by atoms with Gasteiger partial charge < -0.3 is 5.32 Å². The van der Waals surface area contributed by atoms with Crippen LogP contribution in [0.25, 0.3) is 0 Å². The summed E-state index contributed by atoms with van der Waals surface area (Å²) in [6.45, 7) is 2.77. The maximum atomic E-state index is 11.8. The lowest BCUT2D eigenvalue weighted by Crippen LogP contribution is -2.48. The van der Waals surface area contributed by atoms with Gasteiger partial charge in [0.15, 0.2) is 5.03 Å². The van der Waals surface area contributed by atoms with Gasteiger partial charge in [0.2, 0.25) is 0 Å². The third kappa shape index (κ3) is 2.60. The number of aromatic amines is 1. The number of hydrogen-bond donors (Lipinski definition) is 3.